The average Bonchev–Trinajstić information content (AvgIpc) is 3.24. The van der Waals surface area contributed by atoms with Crippen LogP contribution in [0.1, 0.15) is 42.8 Å². The van der Waals surface area contributed by atoms with Crippen LogP contribution in [0.15, 0.2) is 39.3 Å². The van der Waals surface area contributed by atoms with E-state index in [9.17, 15) is 4.79 Å². The van der Waals surface area contributed by atoms with Crippen molar-refractivity contribution in [3.63, 3.8) is 0 Å². The topological polar surface area (TPSA) is 104 Å². The van der Waals surface area contributed by atoms with Crippen LogP contribution in [-0.2, 0) is 25.4 Å². The summed E-state index contributed by atoms with van der Waals surface area (Å²) in [5.74, 6) is 0.489. The molecule has 0 N–H and O–H groups in total. The van der Waals surface area contributed by atoms with Gasteiger partial charge in [-0.3, -0.25) is 4.68 Å². The van der Waals surface area contributed by atoms with E-state index in [1.165, 1.54) is 9.36 Å². The largest absolute Gasteiger partial charge is 0.475 e. The van der Waals surface area contributed by atoms with Gasteiger partial charge in [0, 0.05) is 31.8 Å². The third-order valence-electron chi connectivity index (χ3n) is 4.82. The van der Waals surface area contributed by atoms with Crippen LogP contribution in [0.2, 0.25) is 0 Å². The fourth-order valence-electron chi connectivity index (χ4n) is 2.81. The van der Waals surface area contributed by atoms with E-state index in [-0.39, 0.29) is 12.3 Å². The molecule has 3 rings (SSSR count). The van der Waals surface area contributed by atoms with E-state index in [1.54, 1.807) is 11.7 Å². The zero-order valence-electron chi connectivity index (χ0n) is 18.1. The molecule has 0 spiro atoms. The van der Waals surface area contributed by atoms with E-state index in [4.69, 9.17) is 4.74 Å². The Labute approximate surface area is 174 Å². The van der Waals surface area contributed by atoms with Crippen LogP contribution in [0.25, 0.3) is 5.69 Å². The molecule has 0 atom stereocenters. The first kappa shape index (κ1) is 21.2. The number of nitrogens with zero attached hydrogens (tertiary/aromatic N) is 8. The van der Waals surface area contributed by atoms with Crippen molar-refractivity contribution in [3.8, 4) is 5.69 Å². The first-order chi connectivity index (χ1) is 14.3. The fraction of sp³-hybridized carbons (Fsp3) is 0.400. The van der Waals surface area contributed by atoms with E-state index in [1.807, 2.05) is 59.0 Å². The van der Waals surface area contributed by atoms with Crippen molar-refractivity contribution in [2.75, 3.05) is 0 Å². The third-order valence-corrected chi connectivity index (χ3v) is 4.82. The van der Waals surface area contributed by atoms with Gasteiger partial charge in [-0.1, -0.05) is 19.1 Å². The number of aromatic nitrogens is 6. The van der Waals surface area contributed by atoms with Crippen LogP contribution < -0.4 is 5.69 Å². The fourth-order valence-corrected chi connectivity index (χ4v) is 2.81. The minimum Gasteiger partial charge on any atom is -0.475 e. The Morgan fingerprint density at radius 2 is 1.90 bits per heavy atom. The first-order valence-electron chi connectivity index (χ1n) is 9.64. The summed E-state index contributed by atoms with van der Waals surface area (Å²) >= 11 is 0. The summed E-state index contributed by atoms with van der Waals surface area (Å²) in [5.41, 5.74) is 4.64. The standard InChI is InChI=1S/C20H26N8O2/c1-7-19(22-21-15(4)17-11-14(3)26(5)23-17)30-12-16-13(2)9-8-10-18(16)28-20(29)27(6)24-25-28/h8-11H,7,12H2,1-6H3. The molecule has 10 nitrogen and oxygen atoms in total. The molecule has 0 fully saturated rings. The maximum Gasteiger partial charge on any atom is 0.368 e. The van der Waals surface area contributed by atoms with Gasteiger partial charge in [0.05, 0.1) is 11.4 Å². The molecule has 2 heterocycles. The number of aryl methyl sites for hydroxylation is 4. The molecule has 158 valence electrons. The van der Waals surface area contributed by atoms with Gasteiger partial charge in [0.2, 0.25) is 5.90 Å². The van der Waals surface area contributed by atoms with Gasteiger partial charge in [0.25, 0.3) is 0 Å². The number of hydrogen-bond acceptors (Lipinski definition) is 7. The maximum atomic E-state index is 12.3. The van der Waals surface area contributed by atoms with E-state index >= 15 is 0 Å². The van der Waals surface area contributed by atoms with Crippen molar-refractivity contribution in [2.24, 2.45) is 24.3 Å². The van der Waals surface area contributed by atoms with E-state index < -0.39 is 0 Å². The molecule has 3 aromatic rings. The predicted octanol–water partition coefficient (Wildman–Crippen LogP) is 2.07. The second-order valence-corrected chi connectivity index (χ2v) is 6.99. The minimum absolute atomic E-state index is 0.231. The van der Waals surface area contributed by atoms with Crippen LogP contribution in [0.4, 0.5) is 0 Å². The average molecular weight is 410 g/mol. The van der Waals surface area contributed by atoms with Gasteiger partial charge in [0.15, 0.2) is 0 Å². The van der Waals surface area contributed by atoms with Crippen LogP contribution in [-0.4, -0.2) is 41.2 Å². The molecule has 0 saturated heterocycles. The number of rotatable bonds is 6. The van der Waals surface area contributed by atoms with Crippen LogP contribution in [0, 0.1) is 13.8 Å². The number of benzene rings is 1. The van der Waals surface area contributed by atoms with Gasteiger partial charge in [-0.15, -0.1) is 5.10 Å². The molecule has 0 bridgehead atoms. The molecule has 0 aliphatic heterocycles. The second-order valence-electron chi connectivity index (χ2n) is 6.99. The summed E-state index contributed by atoms with van der Waals surface area (Å²) in [4.78, 5) is 12.3. The predicted molar refractivity (Wildman–Crippen MR) is 114 cm³/mol. The number of hydrogen-bond donors (Lipinski definition) is 0. The van der Waals surface area contributed by atoms with Crippen LogP contribution >= 0.6 is 0 Å². The number of tetrazole rings is 1. The van der Waals surface area contributed by atoms with Crippen molar-refractivity contribution in [1.29, 1.82) is 0 Å². The van der Waals surface area contributed by atoms with Crippen molar-refractivity contribution < 1.29 is 4.74 Å². The highest BCUT2D eigenvalue weighted by molar-refractivity contribution is 5.97. The lowest BCUT2D eigenvalue weighted by Gasteiger charge is -2.13. The van der Waals surface area contributed by atoms with Crippen LogP contribution in [0.5, 0.6) is 0 Å². The quantitative estimate of drug-likeness (QED) is 0.351. The van der Waals surface area contributed by atoms with Crippen molar-refractivity contribution >= 4 is 11.6 Å². The van der Waals surface area contributed by atoms with Crippen molar-refractivity contribution in [2.45, 2.75) is 40.7 Å². The van der Waals surface area contributed by atoms with Gasteiger partial charge in [-0.25, -0.2) is 4.79 Å². The van der Waals surface area contributed by atoms with E-state index in [0.29, 0.717) is 23.7 Å². The summed E-state index contributed by atoms with van der Waals surface area (Å²) in [6, 6.07) is 7.60. The lowest BCUT2D eigenvalue weighted by Crippen LogP contribution is -2.23. The zero-order valence-corrected chi connectivity index (χ0v) is 18.1. The van der Waals surface area contributed by atoms with Gasteiger partial charge in [0.1, 0.15) is 12.3 Å². The monoisotopic (exact) mass is 410 g/mol. The summed E-state index contributed by atoms with van der Waals surface area (Å²) in [6.45, 7) is 7.97. The van der Waals surface area contributed by atoms with Crippen molar-refractivity contribution in [1.82, 2.24) is 29.6 Å². The molecule has 1 aromatic carbocycles. The Balaban J connectivity index is 1.83. The third kappa shape index (κ3) is 4.37. The van der Waals surface area contributed by atoms with E-state index in [0.717, 1.165) is 22.5 Å². The summed E-state index contributed by atoms with van der Waals surface area (Å²) < 4.78 is 10.2. The lowest BCUT2D eigenvalue weighted by molar-refractivity contribution is 0.282. The van der Waals surface area contributed by atoms with Crippen molar-refractivity contribution in [3.05, 3.63) is 57.3 Å². The molecule has 0 radical (unpaired) electrons. The Hall–Kier alpha value is -3.56. The molecule has 10 heteroatoms. The van der Waals surface area contributed by atoms with Gasteiger partial charge in [-0.2, -0.15) is 19.6 Å². The Morgan fingerprint density at radius 1 is 1.13 bits per heavy atom. The summed E-state index contributed by atoms with van der Waals surface area (Å²) in [5, 5.41) is 20.7. The molecule has 0 aliphatic rings. The molecule has 2 aromatic heterocycles. The molecule has 0 unspecified atom stereocenters. The number of ether oxygens (including phenoxy) is 1. The van der Waals surface area contributed by atoms with Gasteiger partial charge < -0.3 is 4.74 Å². The molecule has 30 heavy (non-hydrogen) atoms. The first-order valence-corrected chi connectivity index (χ1v) is 9.64. The van der Waals surface area contributed by atoms with Gasteiger partial charge >= 0.3 is 5.69 Å². The Kier molecular flexibility index (Phi) is 6.24. The highest BCUT2D eigenvalue weighted by Crippen LogP contribution is 2.18. The molecular weight excluding hydrogens is 384 g/mol. The zero-order chi connectivity index (χ0) is 21.8. The normalized spacial score (nSPS) is 12.5. The highest BCUT2D eigenvalue weighted by atomic mass is 16.5. The molecule has 0 saturated carbocycles. The van der Waals surface area contributed by atoms with E-state index in [2.05, 4.69) is 25.7 Å². The summed E-state index contributed by atoms with van der Waals surface area (Å²) in [7, 11) is 3.45. The summed E-state index contributed by atoms with van der Waals surface area (Å²) in [6.07, 6.45) is 0.574. The molecule has 0 aliphatic carbocycles. The molecular formula is C20H26N8O2. The Morgan fingerprint density at radius 3 is 2.50 bits per heavy atom. The SMILES string of the molecule is CCC(=NN=C(C)c1cc(C)n(C)n1)OCc1c(C)cccc1-n1nnn(C)c1=O. The minimum atomic E-state index is -0.322. The Bertz CT molecular complexity index is 1150. The maximum absolute atomic E-state index is 12.3. The molecule has 0 amide bonds. The smallest absolute Gasteiger partial charge is 0.368 e. The second kappa shape index (κ2) is 8.85. The highest BCUT2D eigenvalue weighted by Gasteiger charge is 2.14. The lowest BCUT2D eigenvalue weighted by atomic mass is 10.1. The van der Waals surface area contributed by atoms with Crippen LogP contribution in [0.3, 0.4) is 0 Å². The van der Waals surface area contributed by atoms with Gasteiger partial charge in [-0.05, 0) is 48.9 Å².